The molecule has 1 saturated heterocycles. The lowest BCUT2D eigenvalue weighted by molar-refractivity contribution is 0.113. The Bertz CT molecular complexity index is 1360. The summed E-state index contributed by atoms with van der Waals surface area (Å²) in [5, 5.41) is 14.0. The predicted octanol–water partition coefficient (Wildman–Crippen LogP) is 4.02. The van der Waals surface area contributed by atoms with Crippen LogP contribution in [0.25, 0.3) is 22.2 Å². The van der Waals surface area contributed by atoms with E-state index in [1.807, 2.05) is 30.6 Å². The van der Waals surface area contributed by atoms with Gasteiger partial charge in [-0.2, -0.15) is 0 Å². The Morgan fingerprint density at radius 3 is 2.79 bits per heavy atom. The molecule has 0 aliphatic carbocycles. The van der Waals surface area contributed by atoms with Crippen LogP contribution in [0.4, 0.5) is 0 Å². The van der Waals surface area contributed by atoms with E-state index in [1.54, 1.807) is 0 Å². The zero-order chi connectivity index (χ0) is 22.9. The Balaban J connectivity index is 1.15. The number of nitrogens with one attached hydrogen (secondary N) is 1. The molecular weight excluding hydrogens is 424 g/mol. The lowest BCUT2D eigenvalue weighted by atomic mass is 9.95. The van der Waals surface area contributed by atoms with E-state index in [9.17, 15) is 5.11 Å². The molecule has 0 bridgehead atoms. The number of ether oxygens (including phenoxy) is 1. The van der Waals surface area contributed by atoms with Gasteiger partial charge in [0.15, 0.2) is 0 Å². The quantitative estimate of drug-likeness (QED) is 0.444. The van der Waals surface area contributed by atoms with Crippen molar-refractivity contribution in [1.29, 1.82) is 0 Å². The molecule has 1 fully saturated rings. The van der Waals surface area contributed by atoms with Crippen molar-refractivity contribution in [2.24, 2.45) is 4.99 Å². The molecule has 2 aliphatic heterocycles. The third-order valence-electron chi connectivity index (χ3n) is 6.78. The van der Waals surface area contributed by atoms with Crippen LogP contribution >= 0.6 is 0 Å². The molecule has 3 heterocycles. The second-order valence-electron chi connectivity index (χ2n) is 9.10. The summed E-state index contributed by atoms with van der Waals surface area (Å²) in [6.45, 7) is 2.98. The molecule has 2 aliphatic rings. The molecule has 6 nitrogen and oxygen atoms in total. The first kappa shape index (κ1) is 21.1. The maximum absolute atomic E-state index is 10.7. The molecule has 34 heavy (non-hydrogen) atoms. The van der Waals surface area contributed by atoms with E-state index in [1.165, 1.54) is 5.56 Å². The summed E-state index contributed by atoms with van der Waals surface area (Å²) in [7, 11) is 0. The van der Waals surface area contributed by atoms with Crippen molar-refractivity contribution in [1.82, 2.24) is 14.9 Å². The Hall–Kier alpha value is -3.48. The molecule has 3 aromatic carbocycles. The van der Waals surface area contributed by atoms with E-state index in [0.29, 0.717) is 12.5 Å². The van der Waals surface area contributed by atoms with Gasteiger partial charge in [-0.25, -0.2) is 4.98 Å². The summed E-state index contributed by atoms with van der Waals surface area (Å²) < 4.78 is 8.25. The van der Waals surface area contributed by atoms with Crippen molar-refractivity contribution < 1.29 is 9.84 Å². The van der Waals surface area contributed by atoms with Crippen LogP contribution in [-0.4, -0.2) is 52.7 Å². The molecule has 0 radical (unpaired) electrons. The number of aliphatic hydroxyl groups is 1. The van der Waals surface area contributed by atoms with Gasteiger partial charge in [-0.3, -0.25) is 4.99 Å². The standard InChI is InChI=1S/C28H28N4O2/c33-23(14-27-25-7-2-1-4-19(25)10-11-30-27)17-34-24-6-3-5-20(12-24)21-8-9-26-28(13-21)32(18-31-26)22-15-29-16-22/h1-9,12-13,18,22-23,29,33H,10-11,14-17H2. The molecule has 0 saturated carbocycles. The van der Waals surface area contributed by atoms with Gasteiger partial charge in [-0.05, 0) is 52.9 Å². The minimum Gasteiger partial charge on any atom is -0.491 e. The van der Waals surface area contributed by atoms with Gasteiger partial charge in [0.25, 0.3) is 0 Å². The highest BCUT2D eigenvalue weighted by Gasteiger charge is 2.21. The average molecular weight is 453 g/mol. The Morgan fingerprint density at radius 1 is 1.03 bits per heavy atom. The normalized spacial score (nSPS) is 16.6. The summed E-state index contributed by atoms with van der Waals surface area (Å²) in [4.78, 5) is 9.22. The number of imidazole rings is 1. The topological polar surface area (TPSA) is 71.7 Å². The van der Waals surface area contributed by atoms with Crippen LogP contribution in [0.15, 0.2) is 78.0 Å². The molecule has 6 rings (SSSR count). The Labute approximate surface area is 198 Å². The highest BCUT2D eigenvalue weighted by atomic mass is 16.5. The van der Waals surface area contributed by atoms with Crippen molar-refractivity contribution in [3.63, 3.8) is 0 Å². The van der Waals surface area contributed by atoms with E-state index in [2.05, 4.69) is 62.3 Å². The van der Waals surface area contributed by atoms with Gasteiger partial charge in [-0.1, -0.05) is 42.5 Å². The summed E-state index contributed by atoms with van der Waals surface area (Å²) in [6.07, 6.45) is 2.78. The number of aliphatic hydroxyl groups excluding tert-OH is 1. The first-order valence-corrected chi connectivity index (χ1v) is 11.9. The first-order valence-electron chi connectivity index (χ1n) is 11.9. The Kier molecular flexibility index (Phi) is 5.61. The fraction of sp³-hybridized carbons (Fsp3) is 0.286. The van der Waals surface area contributed by atoms with Crippen LogP contribution in [0, 0.1) is 0 Å². The highest BCUT2D eigenvalue weighted by Crippen LogP contribution is 2.29. The molecule has 1 atom stereocenters. The van der Waals surface area contributed by atoms with Crippen LogP contribution in [0.1, 0.15) is 23.6 Å². The lowest BCUT2D eigenvalue weighted by Gasteiger charge is -2.28. The molecule has 4 aromatic rings. The smallest absolute Gasteiger partial charge is 0.120 e. The second-order valence-corrected chi connectivity index (χ2v) is 9.10. The fourth-order valence-electron chi connectivity index (χ4n) is 4.80. The largest absolute Gasteiger partial charge is 0.491 e. The van der Waals surface area contributed by atoms with Crippen molar-refractivity contribution in [3.8, 4) is 16.9 Å². The van der Waals surface area contributed by atoms with Crippen molar-refractivity contribution >= 4 is 16.7 Å². The van der Waals surface area contributed by atoms with Gasteiger partial charge in [-0.15, -0.1) is 0 Å². The molecule has 0 amide bonds. The fourth-order valence-corrected chi connectivity index (χ4v) is 4.80. The van der Waals surface area contributed by atoms with Crippen LogP contribution in [0.3, 0.4) is 0 Å². The number of nitrogens with zero attached hydrogens (tertiary/aromatic N) is 3. The number of fused-ring (bicyclic) bond motifs is 2. The van der Waals surface area contributed by atoms with Gasteiger partial charge < -0.3 is 19.7 Å². The summed E-state index contributed by atoms with van der Waals surface area (Å²) >= 11 is 0. The van der Waals surface area contributed by atoms with Gasteiger partial charge in [0.2, 0.25) is 0 Å². The second kappa shape index (κ2) is 9.05. The summed E-state index contributed by atoms with van der Waals surface area (Å²) in [6, 6.07) is 23.2. The van der Waals surface area contributed by atoms with E-state index in [-0.39, 0.29) is 6.61 Å². The third-order valence-corrected chi connectivity index (χ3v) is 6.78. The number of aromatic nitrogens is 2. The van der Waals surface area contributed by atoms with Crippen LogP contribution in [0.5, 0.6) is 5.75 Å². The minimum absolute atomic E-state index is 0.227. The van der Waals surface area contributed by atoms with E-state index < -0.39 is 6.10 Å². The van der Waals surface area contributed by atoms with Gasteiger partial charge in [0.05, 0.1) is 29.5 Å². The molecule has 1 unspecified atom stereocenters. The molecule has 0 spiro atoms. The number of aliphatic imine (C=N–C) groups is 1. The third kappa shape index (κ3) is 4.11. The molecular formula is C28H28N4O2. The maximum Gasteiger partial charge on any atom is 0.120 e. The van der Waals surface area contributed by atoms with Crippen molar-refractivity contribution in [2.75, 3.05) is 26.2 Å². The van der Waals surface area contributed by atoms with Crippen LogP contribution < -0.4 is 10.1 Å². The number of hydrogen-bond donors (Lipinski definition) is 2. The van der Waals surface area contributed by atoms with E-state index in [4.69, 9.17) is 4.74 Å². The van der Waals surface area contributed by atoms with E-state index >= 15 is 0 Å². The first-order chi connectivity index (χ1) is 16.7. The van der Waals surface area contributed by atoms with Crippen molar-refractivity contribution in [2.45, 2.75) is 25.0 Å². The van der Waals surface area contributed by atoms with Gasteiger partial charge in [0, 0.05) is 31.8 Å². The minimum atomic E-state index is -0.615. The molecule has 6 heteroatoms. The number of benzene rings is 3. The monoisotopic (exact) mass is 452 g/mol. The zero-order valence-electron chi connectivity index (χ0n) is 19.0. The predicted molar refractivity (Wildman–Crippen MR) is 135 cm³/mol. The zero-order valence-corrected chi connectivity index (χ0v) is 19.0. The lowest BCUT2D eigenvalue weighted by Crippen LogP contribution is -2.43. The van der Waals surface area contributed by atoms with Crippen molar-refractivity contribution in [3.05, 3.63) is 84.2 Å². The average Bonchev–Trinajstić information content (AvgIpc) is 3.25. The van der Waals surface area contributed by atoms with Crippen LogP contribution in [0.2, 0.25) is 0 Å². The highest BCUT2D eigenvalue weighted by molar-refractivity contribution is 6.02. The van der Waals surface area contributed by atoms with Gasteiger partial charge >= 0.3 is 0 Å². The van der Waals surface area contributed by atoms with E-state index in [0.717, 1.165) is 65.2 Å². The molecule has 2 N–H and O–H groups in total. The number of rotatable bonds is 7. The van der Waals surface area contributed by atoms with Crippen LogP contribution in [-0.2, 0) is 6.42 Å². The number of hydrogen-bond acceptors (Lipinski definition) is 5. The Morgan fingerprint density at radius 2 is 1.91 bits per heavy atom. The molecule has 172 valence electrons. The maximum atomic E-state index is 10.7. The SMILES string of the molecule is OC(COc1cccc(-c2ccc3ncn(C4CNC4)c3c2)c1)CC1=NCCc2ccccc21. The summed E-state index contributed by atoms with van der Waals surface area (Å²) in [5.74, 6) is 0.749. The van der Waals surface area contributed by atoms with Gasteiger partial charge in [0.1, 0.15) is 12.4 Å². The molecule has 1 aromatic heterocycles. The summed E-state index contributed by atoms with van der Waals surface area (Å²) in [5.41, 5.74) is 7.80.